The van der Waals surface area contributed by atoms with Gasteiger partial charge in [0.15, 0.2) is 11.5 Å². The molecule has 2 heterocycles. The zero-order valence-corrected chi connectivity index (χ0v) is 16.9. The monoisotopic (exact) mass is 377 g/mol. The molecule has 2 aliphatic heterocycles. The third kappa shape index (κ3) is 4.49. The Kier molecular flexibility index (Phi) is 6.83. The Balaban J connectivity index is 1.69. The minimum absolute atomic E-state index is 0.151. The molecule has 0 aromatic heterocycles. The highest BCUT2D eigenvalue weighted by molar-refractivity contribution is 5.79. The Labute approximate surface area is 162 Å². The molecular weight excluding hydrogens is 344 g/mol. The minimum Gasteiger partial charge on any atom is -0.493 e. The van der Waals surface area contributed by atoms with Crippen molar-refractivity contribution in [1.29, 1.82) is 0 Å². The van der Waals surface area contributed by atoms with Gasteiger partial charge in [0, 0.05) is 13.1 Å². The maximum Gasteiger partial charge on any atom is 0.231 e. The second-order valence-electron chi connectivity index (χ2n) is 7.60. The molecule has 1 N–H and O–H groups in total. The van der Waals surface area contributed by atoms with E-state index in [0.29, 0.717) is 17.4 Å². The SMILES string of the molecule is COc1ccc(C[NH+]2CCC[C@H](C(=O)N3CCCCC3)C2)c(OC)c1OC. The van der Waals surface area contributed by atoms with Gasteiger partial charge in [-0.05, 0) is 44.2 Å². The second-order valence-corrected chi connectivity index (χ2v) is 7.60. The van der Waals surface area contributed by atoms with Gasteiger partial charge in [-0.2, -0.15) is 0 Å². The molecule has 6 nitrogen and oxygen atoms in total. The number of methoxy groups -OCH3 is 3. The lowest BCUT2D eigenvalue weighted by Gasteiger charge is -2.34. The number of hydrogen-bond acceptors (Lipinski definition) is 4. The predicted octanol–water partition coefficient (Wildman–Crippen LogP) is 1.52. The number of likely N-dealkylation sites (tertiary alicyclic amines) is 2. The lowest BCUT2D eigenvalue weighted by atomic mass is 9.95. The Morgan fingerprint density at radius 2 is 1.78 bits per heavy atom. The summed E-state index contributed by atoms with van der Waals surface area (Å²) in [5, 5.41) is 0. The summed E-state index contributed by atoms with van der Waals surface area (Å²) in [4.78, 5) is 16.4. The van der Waals surface area contributed by atoms with E-state index in [1.807, 2.05) is 12.1 Å². The van der Waals surface area contributed by atoms with Crippen molar-refractivity contribution in [1.82, 2.24) is 4.90 Å². The van der Waals surface area contributed by atoms with Crippen molar-refractivity contribution in [2.75, 3.05) is 47.5 Å². The molecule has 2 saturated heterocycles. The molecule has 1 amide bonds. The van der Waals surface area contributed by atoms with E-state index >= 15 is 0 Å². The highest BCUT2D eigenvalue weighted by Crippen LogP contribution is 2.39. The Morgan fingerprint density at radius 1 is 1.04 bits per heavy atom. The van der Waals surface area contributed by atoms with Crippen LogP contribution in [0, 0.1) is 5.92 Å². The first-order chi connectivity index (χ1) is 13.2. The number of nitrogens with one attached hydrogen (secondary N) is 1. The first kappa shape index (κ1) is 19.8. The van der Waals surface area contributed by atoms with E-state index in [1.165, 1.54) is 11.3 Å². The van der Waals surface area contributed by atoms with Crippen LogP contribution >= 0.6 is 0 Å². The van der Waals surface area contributed by atoms with Gasteiger partial charge in [0.1, 0.15) is 6.54 Å². The molecule has 27 heavy (non-hydrogen) atoms. The van der Waals surface area contributed by atoms with Crippen LogP contribution in [0.2, 0.25) is 0 Å². The lowest BCUT2D eigenvalue weighted by molar-refractivity contribution is -0.921. The largest absolute Gasteiger partial charge is 0.493 e. The second kappa shape index (κ2) is 9.31. The molecule has 1 aromatic rings. The zero-order valence-electron chi connectivity index (χ0n) is 16.9. The van der Waals surface area contributed by atoms with Crippen LogP contribution in [-0.4, -0.2) is 58.3 Å². The van der Waals surface area contributed by atoms with Crippen LogP contribution in [0.25, 0.3) is 0 Å². The number of rotatable bonds is 6. The molecule has 1 aromatic carbocycles. The van der Waals surface area contributed by atoms with Crippen molar-refractivity contribution >= 4 is 5.91 Å². The number of carbonyl (C=O) groups excluding carboxylic acids is 1. The smallest absolute Gasteiger partial charge is 0.231 e. The van der Waals surface area contributed by atoms with Gasteiger partial charge in [-0.15, -0.1) is 0 Å². The highest BCUT2D eigenvalue weighted by atomic mass is 16.5. The van der Waals surface area contributed by atoms with E-state index in [9.17, 15) is 4.79 Å². The van der Waals surface area contributed by atoms with Gasteiger partial charge in [-0.25, -0.2) is 0 Å². The molecule has 1 unspecified atom stereocenters. The van der Waals surface area contributed by atoms with E-state index in [2.05, 4.69) is 4.90 Å². The summed E-state index contributed by atoms with van der Waals surface area (Å²) in [6.07, 6.45) is 5.66. The first-order valence-electron chi connectivity index (χ1n) is 10.1. The summed E-state index contributed by atoms with van der Waals surface area (Å²) < 4.78 is 16.5. The van der Waals surface area contributed by atoms with Gasteiger partial charge in [0.25, 0.3) is 0 Å². The fourth-order valence-electron chi connectivity index (χ4n) is 4.47. The summed E-state index contributed by atoms with van der Waals surface area (Å²) in [5.41, 5.74) is 1.09. The van der Waals surface area contributed by atoms with Crippen LogP contribution < -0.4 is 19.1 Å². The van der Waals surface area contributed by atoms with Crippen LogP contribution in [0.5, 0.6) is 17.2 Å². The molecule has 0 radical (unpaired) electrons. The van der Waals surface area contributed by atoms with Crippen molar-refractivity contribution < 1.29 is 23.9 Å². The zero-order chi connectivity index (χ0) is 19.2. The number of ether oxygens (including phenoxy) is 3. The van der Waals surface area contributed by atoms with Gasteiger partial charge in [-0.3, -0.25) is 4.79 Å². The van der Waals surface area contributed by atoms with Crippen molar-refractivity contribution in [3.05, 3.63) is 17.7 Å². The number of quaternary nitrogens is 1. The number of amides is 1. The molecule has 2 aliphatic rings. The van der Waals surface area contributed by atoms with E-state index in [4.69, 9.17) is 14.2 Å². The van der Waals surface area contributed by atoms with Crippen molar-refractivity contribution in [2.24, 2.45) is 5.92 Å². The maximum atomic E-state index is 12.9. The quantitative estimate of drug-likeness (QED) is 0.817. The number of nitrogens with zero attached hydrogens (tertiary/aromatic N) is 1. The van der Waals surface area contributed by atoms with Gasteiger partial charge in [0.2, 0.25) is 11.7 Å². The number of piperidine rings is 2. The van der Waals surface area contributed by atoms with Crippen LogP contribution in [0.4, 0.5) is 0 Å². The summed E-state index contributed by atoms with van der Waals surface area (Å²) in [5.74, 6) is 2.55. The lowest BCUT2D eigenvalue weighted by Crippen LogP contribution is -3.12. The van der Waals surface area contributed by atoms with E-state index in [-0.39, 0.29) is 5.92 Å². The standard InChI is InChI=1S/C21H32N2O4/c1-25-18-10-9-16(19(26-2)20(18)27-3)14-22-11-7-8-17(15-22)21(24)23-12-5-4-6-13-23/h9-10,17H,4-8,11-15H2,1-3H3/p+1/t17-/m0/s1. The molecule has 0 aliphatic carbocycles. The summed E-state index contributed by atoms with van der Waals surface area (Å²) in [6.45, 7) is 4.68. The normalized spacial score (nSPS) is 23.0. The van der Waals surface area contributed by atoms with E-state index in [0.717, 1.165) is 69.7 Å². The van der Waals surface area contributed by atoms with Gasteiger partial charge in [0.05, 0.1) is 45.9 Å². The Bertz CT molecular complexity index is 643. The van der Waals surface area contributed by atoms with Crippen molar-refractivity contribution in [2.45, 2.75) is 38.6 Å². The molecule has 2 atom stereocenters. The Hall–Kier alpha value is -1.95. The summed E-state index contributed by atoms with van der Waals surface area (Å²) in [6, 6.07) is 3.97. The third-order valence-electron chi connectivity index (χ3n) is 5.86. The van der Waals surface area contributed by atoms with Crippen molar-refractivity contribution in [3.63, 3.8) is 0 Å². The molecular formula is C21H33N2O4+. The predicted molar refractivity (Wildman–Crippen MR) is 104 cm³/mol. The molecule has 3 rings (SSSR count). The Morgan fingerprint density at radius 3 is 2.44 bits per heavy atom. The molecule has 0 saturated carbocycles. The van der Waals surface area contributed by atoms with Crippen LogP contribution in [0.3, 0.4) is 0 Å². The van der Waals surface area contributed by atoms with Gasteiger partial charge < -0.3 is 24.0 Å². The van der Waals surface area contributed by atoms with E-state index < -0.39 is 0 Å². The number of hydrogen-bond donors (Lipinski definition) is 1. The third-order valence-corrected chi connectivity index (χ3v) is 5.86. The van der Waals surface area contributed by atoms with Crippen molar-refractivity contribution in [3.8, 4) is 17.2 Å². The van der Waals surface area contributed by atoms with Crippen LogP contribution in [0.1, 0.15) is 37.7 Å². The molecule has 2 fully saturated rings. The number of carbonyl (C=O) groups is 1. The minimum atomic E-state index is 0.151. The molecule has 0 spiro atoms. The van der Waals surface area contributed by atoms with Gasteiger partial charge in [-0.1, -0.05) is 0 Å². The number of benzene rings is 1. The average molecular weight is 378 g/mol. The van der Waals surface area contributed by atoms with Crippen LogP contribution in [-0.2, 0) is 11.3 Å². The van der Waals surface area contributed by atoms with E-state index in [1.54, 1.807) is 21.3 Å². The summed E-state index contributed by atoms with van der Waals surface area (Å²) >= 11 is 0. The topological polar surface area (TPSA) is 52.4 Å². The fraction of sp³-hybridized carbons (Fsp3) is 0.667. The highest BCUT2D eigenvalue weighted by Gasteiger charge is 2.33. The first-order valence-corrected chi connectivity index (χ1v) is 10.1. The fourth-order valence-corrected chi connectivity index (χ4v) is 4.47. The molecule has 150 valence electrons. The molecule has 6 heteroatoms. The van der Waals surface area contributed by atoms with Crippen LogP contribution in [0.15, 0.2) is 12.1 Å². The summed E-state index contributed by atoms with van der Waals surface area (Å²) in [7, 11) is 4.92. The molecule has 0 bridgehead atoms. The average Bonchev–Trinajstić information content (AvgIpc) is 2.73. The maximum absolute atomic E-state index is 12.9. The van der Waals surface area contributed by atoms with Gasteiger partial charge >= 0.3 is 0 Å².